The second-order valence-electron chi connectivity index (χ2n) is 17.5. The van der Waals surface area contributed by atoms with Gasteiger partial charge in [-0.3, -0.25) is 4.99 Å². The van der Waals surface area contributed by atoms with Gasteiger partial charge in [-0.15, -0.1) is 0 Å². The summed E-state index contributed by atoms with van der Waals surface area (Å²) in [5, 5.41) is 7.13. The summed E-state index contributed by atoms with van der Waals surface area (Å²) in [4.78, 5) is 11.4. The number of aromatic nitrogens is 1. The summed E-state index contributed by atoms with van der Waals surface area (Å²) in [7, 11) is 0. The predicted octanol–water partition coefficient (Wildman–Crippen LogP) is 15.6. The highest BCUT2D eigenvalue weighted by atomic mass is 16.3. The molecule has 4 heteroatoms. The van der Waals surface area contributed by atoms with Crippen molar-refractivity contribution < 1.29 is 4.42 Å². The zero-order valence-electron chi connectivity index (χ0n) is 35.3. The van der Waals surface area contributed by atoms with Gasteiger partial charge in [0.05, 0.1) is 28.1 Å². The van der Waals surface area contributed by atoms with Gasteiger partial charge in [0, 0.05) is 33.4 Å². The number of aliphatic imine (C=N–C) groups is 2. The fourth-order valence-corrected chi connectivity index (χ4v) is 10.8. The average molecular weight is 822 g/mol. The van der Waals surface area contributed by atoms with Gasteiger partial charge in [0.1, 0.15) is 11.2 Å². The van der Waals surface area contributed by atoms with Crippen molar-refractivity contribution in [3.05, 3.63) is 222 Å². The Kier molecular flexibility index (Phi) is 8.58. The highest BCUT2D eigenvalue weighted by molar-refractivity contribution is 6.17. The molecule has 0 N–H and O–H groups in total. The Morgan fingerprint density at radius 3 is 2.05 bits per heavy atom. The Morgan fingerprint density at radius 1 is 0.484 bits per heavy atom. The van der Waals surface area contributed by atoms with Crippen LogP contribution in [-0.2, 0) is 6.42 Å². The standard InChI is InChI=1S/C60H43N3O/c1-2-14-38(15-3-1)39-26-28-41(29-27-39)60-61-52(32-33-53(62-60)48-31-30-40-16-6-7-19-45(40)46-20-8-9-21-47(46)48)44-36-56(59-50-23-11-13-25-57(50)64-58(59)37-44)63-54-24-12-10-22-49(54)51-34-42-17-4-5-18-43(42)35-55(51)63/h1-29,34-37,48,52H,30-33H2/t48-,52?/m0/s1. The molecule has 4 nitrogen and oxygen atoms in total. The molecule has 2 aliphatic rings. The largest absolute Gasteiger partial charge is 0.456 e. The quantitative estimate of drug-likeness (QED) is 0.170. The van der Waals surface area contributed by atoms with Gasteiger partial charge in [0.15, 0.2) is 5.84 Å². The first-order chi connectivity index (χ1) is 31.7. The summed E-state index contributed by atoms with van der Waals surface area (Å²) in [6.45, 7) is 0. The highest BCUT2D eigenvalue weighted by Gasteiger charge is 2.30. The third-order valence-corrected chi connectivity index (χ3v) is 13.8. The van der Waals surface area contributed by atoms with E-state index >= 15 is 0 Å². The van der Waals surface area contributed by atoms with Gasteiger partial charge in [-0.1, -0.05) is 164 Å². The van der Waals surface area contributed by atoms with Crippen molar-refractivity contribution >= 4 is 66.1 Å². The molecular weight excluding hydrogens is 779 g/mol. The first kappa shape index (κ1) is 36.8. The maximum absolute atomic E-state index is 6.82. The monoisotopic (exact) mass is 821 g/mol. The molecule has 1 unspecified atom stereocenters. The summed E-state index contributed by atoms with van der Waals surface area (Å²) in [5.74, 6) is 0.947. The molecule has 9 aromatic carbocycles. The van der Waals surface area contributed by atoms with E-state index in [4.69, 9.17) is 14.4 Å². The fraction of sp³-hybridized carbons (Fsp3) is 0.100. The Bertz CT molecular complexity index is 3680. The SMILES string of the molecule is c1ccc(-c2ccc(C3=NC(c4cc(-n5c6ccccc6c6cc7ccccc7cc65)c5c(c4)oc4ccccc45)CCC([C@H]4CCc5ccccc5-c5ccccc54)=N3)cc2)cc1. The first-order valence-corrected chi connectivity index (χ1v) is 22.6. The normalized spacial score (nSPS) is 16.4. The van der Waals surface area contributed by atoms with E-state index in [1.54, 1.807) is 0 Å². The number of nitrogens with zero attached hydrogens (tertiary/aromatic N) is 3. The Balaban J connectivity index is 1.01. The Labute approximate surface area is 371 Å². The fourth-order valence-electron chi connectivity index (χ4n) is 10.8. The molecular formula is C60H43N3O. The number of rotatable bonds is 5. The van der Waals surface area contributed by atoms with Gasteiger partial charge >= 0.3 is 0 Å². The lowest BCUT2D eigenvalue weighted by Gasteiger charge is -2.20. The molecule has 1 aliphatic heterocycles. The van der Waals surface area contributed by atoms with E-state index in [1.807, 2.05) is 0 Å². The van der Waals surface area contributed by atoms with E-state index in [0.717, 1.165) is 70.3 Å². The van der Waals surface area contributed by atoms with Crippen LogP contribution in [0.1, 0.15) is 53.5 Å². The second-order valence-corrected chi connectivity index (χ2v) is 17.5. The maximum Gasteiger partial charge on any atom is 0.155 e. The molecule has 13 rings (SSSR count). The number of hydrogen-bond donors (Lipinski definition) is 0. The lowest BCUT2D eigenvalue weighted by atomic mass is 9.85. The molecule has 0 spiro atoms. The Hall–Kier alpha value is -7.82. The van der Waals surface area contributed by atoms with E-state index in [0.29, 0.717) is 0 Å². The second kappa shape index (κ2) is 14.9. The van der Waals surface area contributed by atoms with Crippen LogP contribution in [0.2, 0.25) is 0 Å². The Morgan fingerprint density at radius 2 is 1.17 bits per heavy atom. The van der Waals surface area contributed by atoms with E-state index in [9.17, 15) is 0 Å². The molecule has 0 saturated carbocycles. The summed E-state index contributed by atoms with van der Waals surface area (Å²) in [6, 6.07) is 72.5. The molecule has 0 saturated heterocycles. The van der Waals surface area contributed by atoms with Gasteiger partial charge in [-0.2, -0.15) is 0 Å². The first-order valence-electron chi connectivity index (χ1n) is 22.6. The molecule has 2 atom stereocenters. The third-order valence-electron chi connectivity index (χ3n) is 13.8. The zero-order chi connectivity index (χ0) is 42.1. The van der Waals surface area contributed by atoms with Crippen molar-refractivity contribution in [1.82, 2.24) is 4.57 Å². The van der Waals surface area contributed by atoms with Gasteiger partial charge in [0.25, 0.3) is 0 Å². The van der Waals surface area contributed by atoms with E-state index in [2.05, 4.69) is 205 Å². The molecule has 304 valence electrons. The minimum Gasteiger partial charge on any atom is -0.456 e. The van der Waals surface area contributed by atoms with Crippen LogP contribution in [0.25, 0.3) is 82.5 Å². The van der Waals surface area contributed by atoms with Crippen molar-refractivity contribution in [2.45, 2.75) is 37.6 Å². The number of hydrogen-bond acceptors (Lipinski definition) is 3. The van der Waals surface area contributed by atoms with Gasteiger partial charge in [-0.25, -0.2) is 4.99 Å². The van der Waals surface area contributed by atoms with Crippen LogP contribution in [0.4, 0.5) is 0 Å². The molecule has 0 radical (unpaired) electrons. The van der Waals surface area contributed by atoms with Crippen LogP contribution in [0.15, 0.2) is 215 Å². The van der Waals surface area contributed by atoms with Crippen LogP contribution in [0.5, 0.6) is 0 Å². The smallest absolute Gasteiger partial charge is 0.155 e. The molecule has 1 aliphatic carbocycles. The van der Waals surface area contributed by atoms with Crippen molar-refractivity contribution in [3.8, 4) is 27.9 Å². The van der Waals surface area contributed by atoms with Crippen molar-refractivity contribution in [1.29, 1.82) is 0 Å². The number of fused-ring (bicyclic) bond motifs is 10. The number of para-hydroxylation sites is 2. The molecule has 3 heterocycles. The molecule has 0 fully saturated rings. The van der Waals surface area contributed by atoms with E-state index < -0.39 is 0 Å². The summed E-state index contributed by atoms with van der Waals surface area (Å²) in [6.07, 6.45) is 3.63. The predicted molar refractivity (Wildman–Crippen MR) is 266 cm³/mol. The molecule has 64 heavy (non-hydrogen) atoms. The van der Waals surface area contributed by atoms with E-state index in [-0.39, 0.29) is 12.0 Å². The molecule has 11 aromatic rings. The lowest BCUT2D eigenvalue weighted by Crippen LogP contribution is -2.15. The minimum absolute atomic E-state index is 0.164. The van der Waals surface area contributed by atoms with Gasteiger partial charge < -0.3 is 8.98 Å². The number of furan rings is 1. The molecule has 0 amide bonds. The summed E-state index contributed by atoms with van der Waals surface area (Å²) >= 11 is 0. The van der Waals surface area contributed by atoms with Gasteiger partial charge in [-0.05, 0) is 112 Å². The van der Waals surface area contributed by atoms with Crippen molar-refractivity contribution in [2.75, 3.05) is 0 Å². The van der Waals surface area contributed by atoms with Gasteiger partial charge in [0.2, 0.25) is 0 Å². The topological polar surface area (TPSA) is 42.8 Å². The number of amidine groups is 1. The number of aryl methyl sites for hydroxylation is 1. The van der Waals surface area contributed by atoms with Crippen LogP contribution in [0, 0.1) is 0 Å². The van der Waals surface area contributed by atoms with Crippen LogP contribution in [0.3, 0.4) is 0 Å². The summed E-state index contributed by atoms with van der Waals surface area (Å²) < 4.78 is 9.29. The molecule has 0 bridgehead atoms. The average Bonchev–Trinajstić information content (AvgIpc) is 3.72. The van der Waals surface area contributed by atoms with E-state index in [1.165, 1.54) is 71.7 Å². The third kappa shape index (κ3) is 6.05. The number of benzene rings is 9. The maximum atomic E-state index is 6.82. The minimum atomic E-state index is -0.173. The zero-order valence-corrected chi connectivity index (χ0v) is 35.3. The van der Waals surface area contributed by atoms with Crippen LogP contribution in [-0.4, -0.2) is 16.1 Å². The van der Waals surface area contributed by atoms with Crippen molar-refractivity contribution in [3.63, 3.8) is 0 Å². The van der Waals surface area contributed by atoms with Crippen LogP contribution >= 0.6 is 0 Å². The molecule has 2 aromatic heterocycles. The van der Waals surface area contributed by atoms with Crippen LogP contribution < -0.4 is 0 Å². The summed E-state index contributed by atoms with van der Waals surface area (Å²) in [5.41, 5.74) is 16.3. The lowest BCUT2D eigenvalue weighted by molar-refractivity contribution is 0.653. The highest BCUT2D eigenvalue weighted by Crippen LogP contribution is 2.44. The van der Waals surface area contributed by atoms with Crippen molar-refractivity contribution in [2.24, 2.45) is 9.98 Å².